The van der Waals surface area contributed by atoms with Crippen molar-refractivity contribution >= 4 is 41.4 Å². The van der Waals surface area contributed by atoms with E-state index >= 15 is 0 Å². The molecule has 4 aromatic rings. The third-order valence-corrected chi connectivity index (χ3v) is 13.9. The van der Waals surface area contributed by atoms with Crippen molar-refractivity contribution in [1.82, 2.24) is 27.4 Å². The number of nitrogens with zero attached hydrogens (tertiary/aromatic N) is 6. The van der Waals surface area contributed by atoms with Crippen LogP contribution >= 0.6 is 0 Å². The average Bonchev–Trinajstić information content (AvgIpc) is 1.79. The Balaban J connectivity index is 0.000000156. The van der Waals surface area contributed by atoms with Gasteiger partial charge in [0.25, 0.3) is 5.95 Å². The van der Waals surface area contributed by atoms with Gasteiger partial charge in [-0.1, -0.05) is 48.6 Å². The Morgan fingerprint density at radius 2 is 1.01 bits per heavy atom. The smallest absolute Gasteiger partial charge is 0.458 e. The standard InChI is InChI=1S/C22H23N3O11.C16H11N3O11.C9H10O2.C8H6O2/c26-17-8-7-14(34-17)4-1-9-23-18(27)24(10-2-5-15-12-32-21(30)35-15)20(29)25(19(23)28)11-3-6-16-13-33-22(31)36-16;1-8-25-5-9(28-8)2-17-12(20)18(3-10-6-26-15(23)29-10)14(22)19(13(17)21)4-11-7-27-16(24)30-11;1-5-2-6-7(3-5)9(11)4-8(6)10;9-7-4-8(10)6-3-1-2-5(6)7/h1-6,14-16H,7-13H2;5-7H,1-4H2;6-7H,1-4H2;1-3,5H,4H2/b4-1+,5-2+,6-3+;;;. The van der Waals surface area contributed by atoms with Crippen molar-refractivity contribution in [2.24, 2.45) is 17.8 Å². The van der Waals surface area contributed by atoms with Gasteiger partial charge in [0.2, 0.25) is 0 Å². The predicted octanol–water partition coefficient (Wildman–Crippen LogP) is 0.0882. The summed E-state index contributed by atoms with van der Waals surface area (Å²) >= 11 is 0. The average molecular weight is 1210 g/mol. The number of esters is 1. The molecule has 0 aromatic carbocycles. The topological polar surface area (TPSA) is 403 Å². The third kappa shape index (κ3) is 14.4. The summed E-state index contributed by atoms with van der Waals surface area (Å²) in [5.74, 6) is -2.52. The molecular formula is C55H50N6O26. The minimum absolute atomic E-state index is 0.000000000000000444. The number of Topliss-reactive ketones (excluding diaryl/α,β-unsaturated/α-hetero) is 4. The van der Waals surface area contributed by atoms with Crippen LogP contribution in [0.25, 0.3) is 0 Å². The van der Waals surface area contributed by atoms with Crippen LogP contribution < -0.4 is 45.8 Å². The van der Waals surface area contributed by atoms with Crippen molar-refractivity contribution < 1.29 is 84.4 Å². The molecule has 0 N–H and O–H groups in total. The van der Waals surface area contributed by atoms with E-state index in [0.717, 1.165) is 50.9 Å². The molecule has 4 aliphatic heterocycles. The lowest BCUT2D eigenvalue weighted by atomic mass is 10.00. The summed E-state index contributed by atoms with van der Waals surface area (Å²) in [5.41, 5.74) is -3.91. The zero-order valence-corrected chi connectivity index (χ0v) is 45.5. The molecule has 0 spiro atoms. The Morgan fingerprint density at radius 1 is 0.540 bits per heavy atom. The molecule has 6 fully saturated rings. The highest BCUT2D eigenvalue weighted by atomic mass is 16.8. The van der Waals surface area contributed by atoms with E-state index in [0.29, 0.717) is 25.7 Å². The molecule has 87 heavy (non-hydrogen) atoms. The lowest BCUT2D eigenvalue weighted by Gasteiger charge is -2.12. The Morgan fingerprint density at radius 3 is 1.41 bits per heavy atom. The van der Waals surface area contributed by atoms with Crippen LogP contribution in [-0.2, 0) is 96.4 Å². The minimum Gasteiger partial charge on any atom is -0.458 e. The number of rotatable bonds is 15. The lowest BCUT2D eigenvalue weighted by Crippen LogP contribution is -2.54. The molecule has 0 bridgehead atoms. The van der Waals surface area contributed by atoms with Crippen LogP contribution in [0.2, 0.25) is 0 Å². The van der Waals surface area contributed by atoms with Gasteiger partial charge in [0.15, 0.2) is 41.1 Å². The van der Waals surface area contributed by atoms with Gasteiger partial charge in [0.1, 0.15) is 49.7 Å². The first-order valence-corrected chi connectivity index (χ1v) is 26.4. The zero-order chi connectivity index (χ0) is 62.2. The molecule has 8 aliphatic rings. The van der Waals surface area contributed by atoms with E-state index in [1.165, 1.54) is 30.4 Å². The molecular weight excluding hydrogens is 1160 g/mol. The minimum atomic E-state index is -1.06. The van der Waals surface area contributed by atoms with Gasteiger partial charge >= 0.3 is 64.1 Å². The second-order valence-electron chi connectivity index (χ2n) is 19.9. The molecule has 6 atom stereocenters. The summed E-state index contributed by atoms with van der Waals surface area (Å²) in [5, 5.41) is 0. The quantitative estimate of drug-likeness (QED) is 0.0658. The van der Waals surface area contributed by atoms with Crippen LogP contribution in [-0.4, -0.2) is 100 Å². The number of hydrogen-bond donors (Lipinski definition) is 0. The Labute approximate surface area is 484 Å². The first kappa shape index (κ1) is 60.6. The Bertz CT molecular complexity index is 3900. The summed E-state index contributed by atoms with van der Waals surface area (Å²) in [6, 6.07) is 0. The fourth-order valence-corrected chi connectivity index (χ4v) is 9.78. The first-order chi connectivity index (χ1) is 41.6. The normalized spacial score (nSPS) is 22.4. The Kier molecular flexibility index (Phi) is 18.3. The van der Waals surface area contributed by atoms with Crippen molar-refractivity contribution in [3.8, 4) is 0 Å². The number of fused-ring (bicyclic) bond motifs is 2. The molecule has 3 saturated heterocycles. The highest BCUT2D eigenvalue weighted by Gasteiger charge is 2.45. The molecule has 4 aliphatic carbocycles. The van der Waals surface area contributed by atoms with Crippen molar-refractivity contribution in [2.75, 3.05) is 13.2 Å². The summed E-state index contributed by atoms with van der Waals surface area (Å²) in [6.07, 6.45) is 16.4. The van der Waals surface area contributed by atoms with Crippen LogP contribution in [0.1, 0.15) is 50.0 Å². The van der Waals surface area contributed by atoms with E-state index in [2.05, 4.69) is 31.5 Å². The number of ether oxygens (including phenoxy) is 7. The summed E-state index contributed by atoms with van der Waals surface area (Å²) < 4.78 is 57.1. The molecule has 456 valence electrons. The monoisotopic (exact) mass is 1210 g/mol. The van der Waals surface area contributed by atoms with Crippen molar-refractivity contribution in [3.05, 3.63) is 205 Å². The van der Waals surface area contributed by atoms with Crippen LogP contribution in [0.15, 0.2) is 166 Å². The van der Waals surface area contributed by atoms with Gasteiger partial charge in [-0.25, -0.2) is 75.3 Å². The summed E-state index contributed by atoms with van der Waals surface area (Å²) in [4.78, 5) is 177. The predicted molar refractivity (Wildman–Crippen MR) is 285 cm³/mol. The van der Waals surface area contributed by atoms with E-state index in [1.54, 1.807) is 24.3 Å². The molecule has 4 aromatic heterocycles. The highest BCUT2D eigenvalue weighted by Crippen LogP contribution is 2.41. The van der Waals surface area contributed by atoms with E-state index in [-0.39, 0.29) is 122 Å². The fraction of sp³-hybridized carbons (Fsp3) is 0.364. The lowest BCUT2D eigenvalue weighted by molar-refractivity contribution is -0.140. The molecule has 3 saturated carbocycles. The number of carbonyl (C=O) groups excluding carboxylic acids is 7. The van der Waals surface area contributed by atoms with Crippen molar-refractivity contribution in [1.29, 1.82) is 0 Å². The van der Waals surface area contributed by atoms with Gasteiger partial charge < -0.3 is 50.8 Å². The second-order valence-corrected chi connectivity index (χ2v) is 19.9. The van der Waals surface area contributed by atoms with Crippen LogP contribution in [0.3, 0.4) is 0 Å². The molecule has 32 heteroatoms. The second kappa shape index (κ2) is 26.3. The van der Waals surface area contributed by atoms with E-state index in [9.17, 15) is 71.9 Å². The summed E-state index contributed by atoms with van der Waals surface area (Å²) in [6.45, 7) is 5.25. The van der Waals surface area contributed by atoms with Crippen LogP contribution in [0.5, 0.6) is 0 Å². The maximum absolute atomic E-state index is 13.0. The number of hydrogen-bond acceptors (Lipinski definition) is 26. The van der Waals surface area contributed by atoms with Gasteiger partial charge in [0, 0.05) is 23.8 Å². The Hall–Kier alpha value is -11.0. The number of ketones is 4. The van der Waals surface area contributed by atoms with Crippen molar-refractivity contribution in [2.45, 2.75) is 96.1 Å². The number of aromatic nitrogens is 6. The summed E-state index contributed by atoms with van der Waals surface area (Å²) in [7, 11) is 0. The molecule has 8 heterocycles. The molecule has 0 amide bonds. The van der Waals surface area contributed by atoms with Gasteiger partial charge in [-0.2, -0.15) is 0 Å². The maximum atomic E-state index is 13.0. The molecule has 32 nitrogen and oxygen atoms in total. The first-order valence-electron chi connectivity index (χ1n) is 26.4. The number of allylic oxidation sites excluding steroid dienone is 9. The fourth-order valence-electron chi connectivity index (χ4n) is 9.78. The van der Waals surface area contributed by atoms with Gasteiger partial charge in [-0.15, -0.1) is 0 Å². The third-order valence-electron chi connectivity index (χ3n) is 13.9. The SMILES string of the molecule is C=C1CC2C(=O)CC(=O)C2C1.C=C1OC=C(Cn2c(=O)n(Cc3coc(=O)o3)c(=O)n(Cc3coc(=O)o3)c2=O)O1.O=C1CC(=O)C2C=CC=C12.O=C1CCC(/C=C/Cn2c(=O)n(C/C=C/C3COC(=O)O3)c(=O)n(C/C=C/C3COC(=O)O3)c2=O)O1. The van der Waals surface area contributed by atoms with Gasteiger partial charge in [-0.3, -0.25) is 24.0 Å². The molecule has 6 unspecified atom stereocenters. The number of cyclic esters (lactones) is 5. The van der Waals surface area contributed by atoms with Crippen LogP contribution in [0, 0.1) is 17.8 Å². The molecule has 12 rings (SSSR count). The maximum Gasteiger partial charge on any atom is 0.518 e. The number of carbonyl (C=O) groups is 7. The van der Waals surface area contributed by atoms with E-state index in [4.69, 9.17) is 32.5 Å². The van der Waals surface area contributed by atoms with E-state index < -0.39 is 96.0 Å². The molecule has 0 radical (unpaired) electrons. The largest absolute Gasteiger partial charge is 0.518 e. The zero-order valence-electron chi connectivity index (χ0n) is 45.5. The van der Waals surface area contributed by atoms with Crippen molar-refractivity contribution in [3.63, 3.8) is 0 Å². The van der Waals surface area contributed by atoms with Gasteiger partial charge in [-0.05, 0) is 44.1 Å². The van der Waals surface area contributed by atoms with Crippen LogP contribution in [0.4, 0.5) is 9.59 Å². The van der Waals surface area contributed by atoms with Gasteiger partial charge in [0.05, 0.1) is 58.0 Å². The highest BCUT2D eigenvalue weighted by molar-refractivity contribution is 6.19. The van der Waals surface area contributed by atoms with E-state index in [1.807, 2.05) is 0 Å².